The van der Waals surface area contributed by atoms with Gasteiger partial charge < -0.3 is 5.73 Å². The van der Waals surface area contributed by atoms with Gasteiger partial charge in [-0.15, -0.1) is 0 Å². The molecule has 0 bridgehead atoms. The van der Waals surface area contributed by atoms with Crippen molar-refractivity contribution in [3.63, 3.8) is 0 Å². The highest BCUT2D eigenvalue weighted by Gasteiger charge is 1.91. The molecule has 0 unspecified atom stereocenters. The van der Waals surface area contributed by atoms with Gasteiger partial charge in [-0.05, 0) is 26.3 Å². The molecule has 0 spiro atoms. The second-order valence-corrected chi connectivity index (χ2v) is 2.43. The van der Waals surface area contributed by atoms with Crippen LogP contribution < -0.4 is 5.73 Å². The van der Waals surface area contributed by atoms with Gasteiger partial charge in [-0.1, -0.05) is 17.8 Å². The summed E-state index contributed by atoms with van der Waals surface area (Å²) in [5.41, 5.74) is 7.53. The Morgan fingerprint density at radius 1 is 1.25 bits per heavy atom. The summed E-state index contributed by atoms with van der Waals surface area (Å²) >= 11 is 4.71. The predicted molar refractivity (Wildman–Crippen MR) is 40.8 cm³/mol. The first-order valence-corrected chi connectivity index (χ1v) is 2.90. The van der Waals surface area contributed by atoms with Crippen molar-refractivity contribution >= 4 is 17.2 Å². The quantitative estimate of drug-likeness (QED) is 0.430. The van der Waals surface area contributed by atoms with E-state index < -0.39 is 0 Å². The van der Waals surface area contributed by atoms with Crippen LogP contribution in [-0.2, 0) is 0 Å². The number of nitrogens with two attached hydrogens (primary N) is 1. The zero-order valence-corrected chi connectivity index (χ0v) is 6.30. The molecule has 0 aliphatic heterocycles. The van der Waals surface area contributed by atoms with Crippen molar-refractivity contribution in [3.05, 3.63) is 11.1 Å². The summed E-state index contributed by atoms with van der Waals surface area (Å²) in [5, 5.41) is 0. The average molecular weight is 129 g/mol. The molecule has 0 aromatic heterocycles. The maximum atomic E-state index is 5.31. The van der Waals surface area contributed by atoms with Gasteiger partial charge in [0.2, 0.25) is 0 Å². The van der Waals surface area contributed by atoms with Crippen LogP contribution >= 0.6 is 12.2 Å². The molecule has 2 N–H and O–H groups in total. The van der Waals surface area contributed by atoms with Gasteiger partial charge in [-0.3, -0.25) is 0 Å². The lowest BCUT2D eigenvalue weighted by molar-refractivity contribution is 1.31. The molecule has 0 amide bonds. The smallest absolute Gasteiger partial charge is 0.0990 e. The van der Waals surface area contributed by atoms with Crippen LogP contribution in [0.5, 0.6) is 0 Å². The van der Waals surface area contributed by atoms with Crippen LogP contribution in [-0.4, -0.2) is 4.99 Å². The van der Waals surface area contributed by atoms with Gasteiger partial charge in [0.05, 0.1) is 4.99 Å². The molecule has 0 fully saturated rings. The fourth-order valence-corrected chi connectivity index (χ4v) is 0.451. The zero-order chi connectivity index (χ0) is 6.73. The normalized spacial score (nSPS) is 8.38. The third kappa shape index (κ3) is 2.07. The Morgan fingerprint density at radius 2 is 1.62 bits per heavy atom. The summed E-state index contributed by atoms with van der Waals surface area (Å²) < 4.78 is 0. The number of thiocarbonyl (C=S) groups is 1. The Bertz CT molecular complexity index is 131. The van der Waals surface area contributed by atoms with Crippen molar-refractivity contribution in [1.29, 1.82) is 0 Å². The van der Waals surface area contributed by atoms with E-state index in [9.17, 15) is 0 Å². The minimum Gasteiger partial charge on any atom is -0.390 e. The van der Waals surface area contributed by atoms with Crippen LogP contribution in [0.3, 0.4) is 0 Å². The molecule has 0 radical (unpaired) electrons. The Hall–Kier alpha value is -0.370. The van der Waals surface area contributed by atoms with Crippen molar-refractivity contribution < 1.29 is 0 Å². The lowest BCUT2D eigenvalue weighted by Crippen LogP contribution is -2.09. The largest absolute Gasteiger partial charge is 0.390 e. The van der Waals surface area contributed by atoms with E-state index in [0.717, 1.165) is 5.57 Å². The maximum Gasteiger partial charge on any atom is 0.0990 e. The fourth-order valence-electron chi connectivity index (χ4n) is 0.246. The van der Waals surface area contributed by atoms with E-state index in [1.165, 1.54) is 5.57 Å². The van der Waals surface area contributed by atoms with Gasteiger partial charge >= 0.3 is 0 Å². The van der Waals surface area contributed by atoms with E-state index in [0.29, 0.717) is 4.99 Å². The summed E-state index contributed by atoms with van der Waals surface area (Å²) in [6.07, 6.45) is 0. The van der Waals surface area contributed by atoms with Crippen molar-refractivity contribution in [3.8, 4) is 0 Å². The van der Waals surface area contributed by atoms with Gasteiger partial charge in [0, 0.05) is 0 Å². The molecule has 0 aliphatic carbocycles. The molecular weight excluding hydrogens is 118 g/mol. The monoisotopic (exact) mass is 129 g/mol. The van der Waals surface area contributed by atoms with Gasteiger partial charge in [0.25, 0.3) is 0 Å². The van der Waals surface area contributed by atoms with Gasteiger partial charge in [0.15, 0.2) is 0 Å². The van der Waals surface area contributed by atoms with Crippen molar-refractivity contribution in [2.45, 2.75) is 20.8 Å². The fraction of sp³-hybridized carbons (Fsp3) is 0.500. The first-order chi connectivity index (χ1) is 3.55. The number of hydrogen-bond acceptors (Lipinski definition) is 1. The van der Waals surface area contributed by atoms with Crippen LogP contribution in [0.4, 0.5) is 0 Å². The summed E-state index contributed by atoms with van der Waals surface area (Å²) in [6.45, 7) is 5.92. The van der Waals surface area contributed by atoms with E-state index in [2.05, 4.69) is 0 Å². The predicted octanol–water partition coefficient (Wildman–Crippen LogP) is 1.63. The van der Waals surface area contributed by atoms with Gasteiger partial charge in [-0.25, -0.2) is 0 Å². The van der Waals surface area contributed by atoms with Crippen LogP contribution in [0.1, 0.15) is 20.8 Å². The molecule has 46 valence electrons. The van der Waals surface area contributed by atoms with E-state index >= 15 is 0 Å². The van der Waals surface area contributed by atoms with Gasteiger partial charge in [0.1, 0.15) is 0 Å². The zero-order valence-electron chi connectivity index (χ0n) is 5.49. The Kier molecular flexibility index (Phi) is 2.69. The van der Waals surface area contributed by atoms with Crippen LogP contribution in [0, 0.1) is 0 Å². The van der Waals surface area contributed by atoms with E-state index in [1.54, 1.807) is 0 Å². The van der Waals surface area contributed by atoms with Crippen molar-refractivity contribution in [2.24, 2.45) is 5.73 Å². The van der Waals surface area contributed by atoms with Crippen LogP contribution in [0.25, 0.3) is 0 Å². The molecule has 8 heavy (non-hydrogen) atoms. The molecule has 0 saturated heterocycles. The molecule has 0 heterocycles. The second-order valence-electron chi connectivity index (χ2n) is 1.99. The number of rotatable bonds is 1. The maximum absolute atomic E-state index is 5.31. The number of allylic oxidation sites excluding steroid dienone is 1. The molecule has 0 aromatic carbocycles. The highest BCUT2D eigenvalue weighted by molar-refractivity contribution is 7.80. The third-order valence-corrected chi connectivity index (χ3v) is 1.43. The summed E-state index contributed by atoms with van der Waals surface area (Å²) in [6, 6.07) is 0. The van der Waals surface area contributed by atoms with Crippen molar-refractivity contribution in [1.82, 2.24) is 0 Å². The average Bonchev–Trinajstić information content (AvgIpc) is 1.64. The highest BCUT2D eigenvalue weighted by atomic mass is 32.1. The Morgan fingerprint density at radius 3 is 1.62 bits per heavy atom. The van der Waals surface area contributed by atoms with Crippen molar-refractivity contribution in [2.75, 3.05) is 0 Å². The van der Waals surface area contributed by atoms with Crippen LogP contribution in [0.15, 0.2) is 11.1 Å². The first kappa shape index (κ1) is 7.63. The van der Waals surface area contributed by atoms with E-state index in [4.69, 9.17) is 18.0 Å². The molecule has 0 atom stereocenters. The summed E-state index contributed by atoms with van der Waals surface area (Å²) in [4.78, 5) is 0.505. The molecule has 0 saturated carbocycles. The highest BCUT2D eigenvalue weighted by Crippen LogP contribution is 2.00. The summed E-state index contributed by atoms with van der Waals surface area (Å²) in [7, 11) is 0. The molecule has 0 aromatic rings. The molecule has 0 rings (SSSR count). The molecule has 1 nitrogen and oxygen atoms in total. The lowest BCUT2D eigenvalue weighted by Gasteiger charge is -1.97. The van der Waals surface area contributed by atoms with E-state index in [1.807, 2.05) is 20.8 Å². The Balaban J connectivity index is 4.23. The lowest BCUT2D eigenvalue weighted by atomic mass is 10.2. The van der Waals surface area contributed by atoms with Gasteiger partial charge in [-0.2, -0.15) is 0 Å². The minimum atomic E-state index is 0.505. The first-order valence-electron chi connectivity index (χ1n) is 2.49. The standard InChI is InChI=1S/C6H11NS/c1-4(2)5(3)6(7)8/h1-3H3,(H2,7,8). The Labute approximate surface area is 55.6 Å². The minimum absolute atomic E-state index is 0.505. The molecule has 0 aliphatic rings. The topological polar surface area (TPSA) is 26.0 Å². The second kappa shape index (κ2) is 2.82. The van der Waals surface area contributed by atoms with Crippen LogP contribution in [0.2, 0.25) is 0 Å². The molecule has 2 heteroatoms. The summed E-state index contributed by atoms with van der Waals surface area (Å²) in [5.74, 6) is 0. The third-order valence-electron chi connectivity index (χ3n) is 1.12. The number of hydrogen-bond donors (Lipinski definition) is 1. The SMILES string of the molecule is CC(C)=C(C)C(N)=S. The molecular formula is C6H11NS. The van der Waals surface area contributed by atoms with E-state index in [-0.39, 0.29) is 0 Å².